The first kappa shape index (κ1) is 14.1. The van der Waals surface area contributed by atoms with E-state index in [-0.39, 0.29) is 17.5 Å². The molecule has 5 nitrogen and oxygen atoms in total. The van der Waals surface area contributed by atoms with Crippen molar-refractivity contribution in [3.05, 3.63) is 39.7 Å². The third-order valence-electron chi connectivity index (χ3n) is 3.94. The SMILES string of the molecule is Cc1c(O)ccc2c(CN3CCOC(C)C3)cc(=O)oc12. The van der Waals surface area contributed by atoms with Crippen LogP contribution in [0.5, 0.6) is 5.75 Å². The minimum absolute atomic E-state index is 0.141. The smallest absolute Gasteiger partial charge is 0.336 e. The van der Waals surface area contributed by atoms with Gasteiger partial charge in [0, 0.05) is 36.7 Å². The van der Waals surface area contributed by atoms with Crippen LogP contribution in [0.1, 0.15) is 18.1 Å². The van der Waals surface area contributed by atoms with Crippen LogP contribution in [0.25, 0.3) is 11.0 Å². The average Bonchev–Trinajstić information content (AvgIpc) is 2.43. The van der Waals surface area contributed by atoms with Crippen LogP contribution in [0.3, 0.4) is 0 Å². The van der Waals surface area contributed by atoms with Crippen molar-refractivity contribution < 1.29 is 14.3 Å². The van der Waals surface area contributed by atoms with E-state index < -0.39 is 0 Å². The van der Waals surface area contributed by atoms with Gasteiger partial charge in [0.2, 0.25) is 0 Å². The molecular formula is C16H19NO4. The maximum Gasteiger partial charge on any atom is 0.336 e. The summed E-state index contributed by atoms with van der Waals surface area (Å²) in [6.45, 7) is 6.88. The fourth-order valence-corrected chi connectivity index (χ4v) is 2.82. The zero-order valence-corrected chi connectivity index (χ0v) is 12.3. The van der Waals surface area contributed by atoms with Gasteiger partial charge in [-0.05, 0) is 31.5 Å². The summed E-state index contributed by atoms with van der Waals surface area (Å²) in [5, 5.41) is 10.6. The molecule has 0 radical (unpaired) electrons. The predicted octanol–water partition coefficient (Wildman–Crippen LogP) is 2.03. The van der Waals surface area contributed by atoms with Gasteiger partial charge >= 0.3 is 5.63 Å². The third-order valence-corrected chi connectivity index (χ3v) is 3.94. The van der Waals surface area contributed by atoms with Gasteiger partial charge in [-0.3, -0.25) is 4.90 Å². The number of ether oxygens (including phenoxy) is 1. The second kappa shape index (κ2) is 5.50. The van der Waals surface area contributed by atoms with Crippen molar-refractivity contribution >= 4 is 11.0 Å². The molecule has 1 aromatic heterocycles. The lowest BCUT2D eigenvalue weighted by molar-refractivity contribution is -0.0211. The van der Waals surface area contributed by atoms with E-state index in [1.54, 1.807) is 25.1 Å². The first-order chi connectivity index (χ1) is 10.0. The van der Waals surface area contributed by atoms with Gasteiger partial charge in [-0.25, -0.2) is 4.79 Å². The maximum absolute atomic E-state index is 11.8. The van der Waals surface area contributed by atoms with Crippen LogP contribution < -0.4 is 5.63 Å². The molecule has 3 rings (SSSR count). The Labute approximate surface area is 122 Å². The summed E-state index contributed by atoms with van der Waals surface area (Å²) in [5.74, 6) is 0.141. The molecule has 21 heavy (non-hydrogen) atoms. The highest BCUT2D eigenvalue weighted by Crippen LogP contribution is 2.28. The lowest BCUT2D eigenvalue weighted by Crippen LogP contribution is -2.40. The van der Waals surface area contributed by atoms with E-state index in [9.17, 15) is 9.90 Å². The first-order valence-corrected chi connectivity index (χ1v) is 7.14. The quantitative estimate of drug-likeness (QED) is 0.857. The van der Waals surface area contributed by atoms with Crippen LogP contribution in [0, 0.1) is 6.92 Å². The highest BCUT2D eigenvalue weighted by Gasteiger charge is 2.19. The van der Waals surface area contributed by atoms with Gasteiger partial charge in [0.25, 0.3) is 0 Å². The van der Waals surface area contributed by atoms with Gasteiger partial charge < -0.3 is 14.3 Å². The number of hydrogen-bond acceptors (Lipinski definition) is 5. The second-order valence-corrected chi connectivity index (χ2v) is 5.59. The maximum atomic E-state index is 11.8. The number of morpholine rings is 1. The fraction of sp³-hybridized carbons (Fsp3) is 0.438. The van der Waals surface area contributed by atoms with Gasteiger partial charge in [0.05, 0.1) is 12.7 Å². The van der Waals surface area contributed by atoms with E-state index >= 15 is 0 Å². The number of phenols is 1. The van der Waals surface area contributed by atoms with Gasteiger partial charge in [0.1, 0.15) is 11.3 Å². The number of benzene rings is 1. The van der Waals surface area contributed by atoms with Crippen molar-refractivity contribution in [2.24, 2.45) is 0 Å². The zero-order chi connectivity index (χ0) is 15.0. The van der Waals surface area contributed by atoms with Crippen molar-refractivity contribution in [2.45, 2.75) is 26.5 Å². The van der Waals surface area contributed by atoms with Crippen molar-refractivity contribution in [3.8, 4) is 5.75 Å². The first-order valence-electron chi connectivity index (χ1n) is 7.14. The van der Waals surface area contributed by atoms with E-state index in [4.69, 9.17) is 9.15 Å². The number of fused-ring (bicyclic) bond motifs is 1. The molecule has 112 valence electrons. The number of hydrogen-bond donors (Lipinski definition) is 1. The summed E-state index contributed by atoms with van der Waals surface area (Å²) < 4.78 is 10.8. The summed E-state index contributed by atoms with van der Waals surface area (Å²) in [6.07, 6.45) is 0.205. The van der Waals surface area contributed by atoms with Crippen molar-refractivity contribution in [1.82, 2.24) is 4.90 Å². The van der Waals surface area contributed by atoms with E-state index in [1.807, 2.05) is 6.92 Å². The molecule has 1 atom stereocenters. The normalized spacial score (nSPS) is 20.0. The Morgan fingerprint density at radius 1 is 1.43 bits per heavy atom. The third kappa shape index (κ3) is 2.80. The Kier molecular flexibility index (Phi) is 3.69. The highest BCUT2D eigenvalue weighted by molar-refractivity contribution is 5.84. The van der Waals surface area contributed by atoms with E-state index in [1.165, 1.54) is 0 Å². The fourth-order valence-electron chi connectivity index (χ4n) is 2.82. The molecule has 0 spiro atoms. The number of rotatable bonds is 2. The number of aryl methyl sites for hydroxylation is 1. The largest absolute Gasteiger partial charge is 0.508 e. The van der Waals surface area contributed by atoms with E-state index in [2.05, 4.69) is 4.90 Å². The van der Waals surface area contributed by atoms with Crippen LogP contribution in [-0.2, 0) is 11.3 Å². The topological polar surface area (TPSA) is 62.9 Å². The summed E-state index contributed by atoms with van der Waals surface area (Å²) in [4.78, 5) is 14.1. The molecule has 1 aliphatic heterocycles. The Balaban J connectivity index is 2.02. The second-order valence-electron chi connectivity index (χ2n) is 5.59. The van der Waals surface area contributed by atoms with Crippen LogP contribution >= 0.6 is 0 Å². The van der Waals surface area contributed by atoms with Gasteiger partial charge in [-0.15, -0.1) is 0 Å². The Morgan fingerprint density at radius 3 is 3.00 bits per heavy atom. The molecule has 1 saturated heterocycles. The lowest BCUT2D eigenvalue weighted by atomic mass is 10.1. The van der Waals surface area contributed by atoms with Crippen molar-refractivity contribution in [1.29, 1.82) is 0 Å². The average molecular weight is 289 g/mol. The Hall–Kier alpha value is -1.85. The summed E-state index contributed by atoms with van der Waals surface area (Å²) in [7, 11) is 0. The molecule has 2 heterocycles. The van der Waals surface area contributed by atoms with Crippen LogP contribution in [0.4, 0.5) is 0 Å². The molecule has 1 aliphatic rings. The summed E-state index contributed by atoms with van der Waals surface area (Å²) in [6, 6.07) is 4.99. The molecule has 0 bridgehead atoms. The van der Waals surface area contributed by atoms with Crippen LogP contribution in [-0.4, -0.2) is 35.8 Å². The van der Waals surface area contributed by atoms with E-state index in [0.29, 0.717) is 24.3 Å². The van der Waals surface area contributed by atoms with Gasteiger partial charge in [-0.1, -0.05) is 0 Å². The standard InChI is InChI=1S/C16H19NO4/c1-10-8-17(5-6-20-10)9-12-7-15(19)21-16-11(2)14(18)4-3-13(12)16/h3-4,7,10,18H,5-6,8-9H2,1-2H3. The van der Waals surface area contributed by atoms with Crippen LogP contribution in [0.15, 0.2) is 27.4 Å². The highest BCUT2D eigenvalue weighted by atomic mass is 16.5. The molecule has 0 saturated carbocycles. The molecule has 5 heteroatoms. The summed E-state index contributed by atoms with van der Waals surface area (Å²) >= 11 is 0. The summed E-state index contributed by atoms with van der Waals surface area (Å²) in [5.41, 5.74) is 1.62. The number of phenolic OH excluding ortho intramolecular Hbond substituents is 1. The van der Waals surface area contributed by atoms with Gasteiger partial charge in [-0.2, -0.15) is 0 Å². The Bertz CT molecular complexity index is 722. The zero-order valence-electron chi connectivity index (χ0n) is 12.3. The molecule has 1 fully saturated rings. The minimum atomic E-state index is -0.382. The molecule has 1 aromatic carbocycles. The lowest BCUT2D eigenvalue weighted by Gasteiger charge is -2.31. The number of nitrogens with zero attached hydrogens (tertiary/aromatic N) is 1. The molecule has 1 unspecified atom stereocenters. The molecule has 0 amide bonds. The number of aromatic hydroxyl groups is 1. The van der Waals surface area contributed by atoms with Gasteiger partial charge in [0.15, 0.2) is 0 Å². The molecule has 1 N–H and O–H groups in total. The van der Waals surface area contributed by atoms with Crippen molar-refractivity contribution in [2.75, 3.05) is 19.7 Å². The molecule has 0 aliphatic carbocycles. The minimum Gasteiger partial charge on any atom is -0.508 e. The van der Waals surface area contributed by atoms with Crippen molar-refractivity contribution in [3.63, 3.8) is 0 Å². The predicted molar refractivity (Wildman–Crippen MR) is 79.6 cm³/mol. The van der Waals surface area contributed by atoms with E-state index in [0.717, 1.165) is 24.0 Å². The molecular weight excluding hydrogens is 270 g/mol. The monoisotopic (exact) mass is 289 g/mol. The molecule has 2 aromatic rings. The van der Waals surface area contributed by atoms with Crippen LogP contribution in [0.2, 0.25) is 0 Å². The Morgan fingerprint density at radius 2 is 2.24 bits per heavy atom.